The Morgan fingerprint density at radius 1 is 1.35 bits per heavy atom. The van der Waals surface area contributed by atoms with E-state index in [2.05, 4.69) is 48.4 Å². The molecule has 2 heterocycles. The van der Waals surface area contributed by atoms with Crippen LogP contribution in [0.5, 0.6) is 0 Å². The van der Waals surface area contributed by atoms with Gasteiger partial charge in [0, 0.05) is 30.2 Å². The lowest BCUT2D eigenvalue weighted by atomic mass is 9.85. The molecule has 2 unspecified atom stereocenters. The second-order valence-corrected chi connectivity index (χ2v) is 6.31. The summed E-state index contributed by atoms with van der Waals surface area (Å²) in [6.45, 7) is 12.1. The molecule has 1 aliphatic rings. The molecule has 114 valence electrons. The van der Waals surface area contributed by atoms with E-state index >= 15 is 0 Å². The molecule has 2 atom stereocenters. The van der Waals surface area contributed by atoms with E-state index in [9.17, 15) is 0 Å². The van der Waals surface area contributed by atoms with E-state index in [-0.39, 0.29) is 11.6 Å². The Kier molecular flexibility index (Phi) is 4.86. The number of nitrogens with two attached hydrogens (primary N) is 1. The minimum atomic E-state index is 0.104. The van der Waals surface area contributed by atoms with Gasteiger partial charge in [0.25, 0.3) is 0 Å². The first-order valence-corrected chi connectivity index (χ1v) is 8.05. The third-order valence-electron chi connectivity index (χ3n) is 5.06. The van der Waals surface area contributed by atoms with Gasteiger partial charge in [0.1, 0.15) is 0 Å². The molecule has 4 heteroatoms. The predicted molar refractivity (Wildman–Crippen MR) is 83.8 cm³/mol. The van der Waals surface area contributed by atoms with Gasteiger partial charge in [0.05, 0.1) is 5.69 Å². The van der Waals surface area contributed by atoms with Crippen molar-refractivity contribution in [3.05, 3.63) is 17.5 Å². The van der Waals surface area contributed by atoms with Crippen molar-refractivity contribution >= 4 is 0 Å². The fourth-order valence-electron chi connectivity index (χ4n) is 3.43. The van der Waals surface area contributed by atoms with Gasteiger partial charge in [0.2, 0.25) is 0 Å². The quantitative estimate of drug-likeness (QED) is 0.869. The summed E-state index contributed by atoms with van der Waals surface area (Å²) in [6.07, 6.45) is 4.64. The Hall–Kier alpha value is -0.870. The highest BCUT2D eigenvalue weighted by molar-refractivity contribution is 5.13. The number of rotatable bonds is 6. The number of hydrogen-bond acceptors (Lipinski definition) is 3. The standard InChI is InChI=1S/C16H30N4/c1-5-16(4,19-9-7-8-10-19)15(17)12-14-11-13(3)18-20(14)6-2/h11,15H,5-10,12,17H2,1-4H3. The molecule has 0 spiro atoms. The van der Waals surface area contributed by atoms with Gasteiger partial charge in [-0.2, -0.15) is 5.10 Å². The van der Waals surface area contributed by atoms with E-state index in [4.69, 9.17) is 5.73 Å². The van der Waals surface area contributed by atoms with Crippen molar-refractivity contribution in [1.82, 2.24) is 14.7 Å². The van der Waals surface area contributed by atoms with Gasteiger partial charge in [-0.25, -0.2) is 0 Å². The number of likely N-dealkylation sites (tertiary alicyclic amines) is 1. The average Bonchev–Trinajstić information content (AvgIpc) is 3.07. The monoisotopic (exact) mass is 278 g/mol. The highest BCUT2D eigenvalue weighted by atomic mass is 15.3. The lowest BCUT2D eigenvalue weighted by molar-refractivity contribution is 0.0990. The van der Waals surface area contributed by atoms with Gasteiger partial charge in [-0.3, -0.25) is 9.58 Å². The number of aromatic nitrogens is 2. The Morgan fingerprint density at radius 3 is 2.55 bits per heavy atom. The second kappa shape index (κ2) is 6.27. The molecule has 0 amide bonds. The molecule has 0 saturated carbocycles. The summed E-state index contributed by atoms with van der Waals surface area (Å²) >= 11 is 0. The van der Waals surface area contributed by atoms with E-state index < -0.39 is 0 Å². The highest BCUT2D eigenvalue weighted by Gasteiger charge is 2.37. The SMILES string of the molecule is CCn1nc(C)cc1CC(N)C(C)(CC)N1CCCC1. The van der Waals surface area contributed by atoms with Crippen molar-refractivity contribution in [1.29, 1.82) is 0 Å². The van der Waals surface area contributed by atoms with E-state index in [1.807, 2.05) is 0 Å². The van der Waals surface area contributed by atoms with Crippen LogP contribution in [0.1, 0.15) is 51.4 Å². The van der Waals surface area contributed by atoms with Gasteiger partial charge in [-0.1, -0.05) is 6.92 Å². The van der Waals surface area contributed by atoms with Gasteiger partial charge >= 0.3 is 0 Å². The Bertz CT molecular complexity index is 434. The number of aryl methyl sites for hydroxylation is 2. The first-order valence-electron chi connectivity index (χ1n) is 8.05. The zero-order chi connectivity index (χ0) is 14.8. The van der Waals surface area contributed by atoms with Crippen LogP contribution in [0.15, 0.2) is 6.07 Å². The molecule has 4 nitrogen and oxygen atoms in total. The minimum absolute atomic E-state index is 0.104. The van der Waals surface area contributed by atoms with Crippen LogP contribution in [0.25, 0.3) is 0 Å². The maximum Gasteiger partial charge on any atom is 0.0596 e. The van der Waals surface area contributed by atoms with Crippen LogP contribution >= 0.6 is 0 Å². The topological polar surface area (TPSA) is 47.1 Å². The van der Waals surface area contributed by atoms with Crippen LogP contribution < -0.4 is 5.73 Å². The van der Waals surface area contributed by atoms with Crippen molar-refractivity contribution < 1.29 is 0 Å². The maximum absolute atomic E-state index is 6.62. The minimum Gasteiger partial charge on any atom is -0.326 e. The molecule has 2 rings (SSSR count). The van der Waals surface area contributed by atoms with Crippen molar-refractivity contribution in [2.45, 2.75) is 71.5 Å². The summed E-state index contributed by atoms with van der Waals surface area (Å²) < 4.78 is 2.09. The van der Waals surface area contributed by atoms with E-state index in [0.717, 1.165) is 25.1 Å². The molecule has 2 N–H and O–H groups in total. The van der Waals surface area contributed by atoms with Crippen LogP contribution in [0, 0.1) is 6.92 Å². The summed E-state index contributed by atoms with van der Waals surface area (Å²) in [5.74, 6) is 0. The van der Waals surface area contributed by atoms with Crippen molar-refractivity contribution in [3.8, 4) is 0 Å². The molecule has 1 aliphatic heterocycles. The van der Waals surface area contributed by atoms with Gasteiger partial charge < -0.3 is 5.73 Å². The Balaban J connectivity index is 2.14. The molecule has 1 aromatic rings. The lowest BCUT2D eigenvalue weighted by Crippen LogP contribution is -2.57. The molecular weight excluding hydrogens is 248 g/mol. The normalized spacial score (nSPS) is 21.1. The molecule has 1 fully saturated rings. The summed E-state index contributed by atoms with van der Waals surface area (Å²) in [5.41, 5.74) is 9.09. The average molecular weight is 278 g/mol. The summed E-state index contributed by atoms with van der Waals surface area (Å²) in [5, 5.41) is 4.54. The van der Waals surface area contributed by atoms with Crippen molar-refractivity contribution in [3.63, 3.8) is 0 Å². The zero-order valence-electron chi connectivity index (χ0n) is 13.5. The molecule has 1 saturated heterocycles. The Labute approximate surface area is 123 Å². The van der Waals surface area contributed by atoms with E-state index in [1.54, 1.807) is 0 Å². The molecule has 0 bridgehead atoms. The van der Waals surface area contributed by atoms with Crippen LogP contribution in [-0.4, -0.2) is 39.4 Å². The first kappa shape index (κ1) is 15.5. The molecular formula is C16H30N4. The van der Waals surface area contributed by atoms with Crippen molar-refractivity contribution in [2.24, 2.45) is 5.73 Å². The largest absolute Gasteiger partial charge is 0.326 e. The Morgan fingerprint density at radius 2 is 2.00 bits per heavy atom. The third-order valence-corrected chi connectivity index (χ3v) is 5.06. The van der Waals surface area contributed by atoms with E-state index in [0.29, 0.717) is 0 Å². The molecule has 0 aliphatic carbocycles. The predicted octanol–water partition coefficient (Wildman–Crippen LogP) is 2.35. The molecule has 0 aromatic carbocycles. The van der Waals surface area contributed by atoms with Gasteiger partial charge in [-0.15, -0.1) is 0 Å². The highest BCUT2D eigenvalue weighted by Crippen LogP contribution is 2.28. The van der Waals surface area contributed by atoms with Crippen LogP contribution in [0.2, 0.25) is 0 Å². The fraction of sp³-hybridized carbons (Fsp3) is 0.812. The maximum atomic E-state index is 6.62. The fourth-order valence-corrected chi connectivity index (χ4v) is 3.43. The molecule has 1 aromatic heterocycles. The summed E-state index contributed by atoms with van der Waals surface area (Å²) in [6, 6.07) is 2.34. The van der Waals surface area contributed by atoms with Gasteiger partial charge in [-0.05, 0) is 59.2 Å². The number of hydrogen-bond donors (Lipinski definition) is 1. The van der Waals surface area contributed by atoms with Crippen LogP contribution in [0.3, 0.4) is 0 Å². The summed E-state index contributed by atoms with van der Waals surface area (Å²) in [7, 11) is 0. The molecule has 20 heavy (non-hydrogen) atoms. The lowest BCUT2D eigenvalue weighted by Gasteiger charge is -2.43. The molecule has 0 radical (unpaired) electrons. The van der Waals surface area contributed by atoms with Crippen LogP contribution in [0.4, 0.5) is 0 Å². The smallest absolute Gasteiger partial charge is 0.0596 e. The first-order chi connectivity index (χ1) is 9.51. The number of nitrogens with zero attached hydrogens (tertiary/aromatic N) is 3. The van der Waals surface area contributed by atoms with Crippen molar-refractivity contribution in [2.75, 3.05) is 13.1 Å². The second-order valence-electron chi connectivity index (χ2n) is 6.31. The van der Waals surface area contributed by atoms with Crippen LogP contribution in [-0.2, 0) is 13.0 Å². The zero-order valence-corrected chi connectivity index (χ0v) is 13.5. The van der Waals surface area contributed by atoms with Gasteiger partial charge in [0.15, 0.2) is 0 Å². The summed E-state index contributed by atoms with van der Waals surface area (Å²) in [4.78, 5) is 2.59. The van der Waals surface area contributed by atoms with E-state index in [1.165, 1.54) is 31.6 Å². The third kappa shape index (κ3) is 2.91.